The highest BCUT2D eigenvalue weighted by Gasteiger charge is 2.20. The van der Waals surface area contributed by atoms with Gasteiger partial charge in [0.2, 0.25) is 11.8 Å². The van der Waals surface area contributed by atoms with E-state index in [0.717, 1.165) is 31.7 Å². The minimum atomic E-state index is -0.505. The van der Waals surface area contributed by atoms with Crippen molar-refractivity contribution in [1.29, 1.82) is 0 Å². The summed E-state index contributed by atoms with van der Waals surface area (Å²) in [6.07, 6.45) is 3.55. The van der Waals surface area contributed by atoms with Gasteiger partial charge >= 0.3 is 0 Å². The molecular formula is C24H24ClFN4O2. The van der Waals surface area contributed by atoms with Crippen molar-refractivity contribution >= 4 is 23.3 Å². The first-order valence-corrected chi connectivity index (χ1v) is 11.0. The first-order chi connectivity index (χ1) is 15.6. The molecule has 0 N–H and O–H groups in total. The first-order valence-electron chi connectivity index (χ1n) is 10.6. The van der Waals surface area contributed by atoms with Crippen LogP contribution >= 0.6 is 11.6 Å². The number of nitrogens with zero attached hydrogens (tertiary/aromatic N) is 4. The smallest absolute Gasteiger partial charge is 0.224 e. The lowest BCUT2D eigenvalue weighted by atomic mass is 10.1. The molecule has 1 aromatic heterocycles. The summed E-state index contributed by atoms with van der Waals surface area (Å²) in [4.78, 5) is 25.3. The van der Waals surface area contributed by atoms with Gasteiger partial charge in [0.15, 0.2) is 0 Å². The molecule has 4 rings (SSSR count). The van der Waals surface area contributed by atoms with Crippen molar-refractivity contribution in [2.45, 2.75) is 19.3 Å². The monoisotopic (exact) mass is 454 g/mol. The molecule has 1 amide bonds. The Hall–Kier alpha value is -3.19. The van der Waals surface area contributed by atoms with Gasteiger partial charge in [-0.15, -0.1) is 0 Å². The highest BCUT2D eigenvalue weighted by Crippen LogP contribution is 2.26. The normalized spacial score (nSPS) is 14.2. The van der Waals surface area contributed by atoms with E-state index in [4.69, 9.17) is 16.3 Å². The molecule has 0 atom stereocenters. The third kappa shape index (κ3) is 5.73. The van der Waals surface area contributed by atoms with Gasteiger partial charge in [-0.3, -0.25) is 4.79 Å². The average molecular weight is 455 g/mol. The van der Waals surface area contributed by atoms with E-state index in [1.54, 1.807) is 6.07 Å². The molecule has 166 valence electrons. The maximum Gasteiger partial charge on any atom is 0.224 e. The molecule has 0 aliphatic carbocycles. The maximum atomic E-state index is 13.4. The predicted molar refractivity (Wildman–Crippen MR) is 122 cm³/mol. The standard InChI is InChI=1S/C24H24ClFN4O2/c25-20-15-19(8-9-21(20)26)32-23-16-22(27-17-28-23)29-11-4-12-30(14-13-29)24(31)10-7-18-5-2-1-3-6-18/h1-3,5-6,8-9,15-17H,4,7,10-14H2. The number of aryl methyl sites for hydroxylation is 1. The van der Waals surface area contributed by atoms with Crippen LogP contribution in [0.15, 0.2) is 60.9 Å². The van der Waals surface area contributed by atoms with Gasteiger partial charge in [-0.1, -0.05) is 41.9 Å². The molecule has 0 unspecified atom stereocenters. The Morgan fingerprint density at radius 1 is 1.03 bits per heavy atom. The molecule has 0 saturated carbocycles. The second-order valence-electron chi connectivity index (χ2n) is 7.60. The minimum absolute atomic E-state index is 0.0127. The molecular weight excluding hydrogens is 431 g/mol. The van der Waals surface area contributed by atoms with Gasteiger partial charge in [-0.25, -0.2) is 14.4 Å². The lowest BCUT2D eigenvalue weighted by Gasteiger charge is -2.23. The number of halogens is 2. The maximum absolute atomic E-state index is 13.4. The van der Waals surface area contributed by atoms with E-state index in [1.807, 2.05) is 35.2 Å². The van der Waals surface area contributed by atoms with Gasteiger partial charge in [0.25, 0.3) is 0 Å². The molecule has 2 heterocycles. The number of carbonyl (C=O) groups is 1. The Morgan fingerprint density at radius 3 is 2.69 bits per heavy atom. The number of anilines is 1. The number of benzene rings is 2. The topological polar surface area (TPSA) is 58.6 Å². The second kappa shape index (κ2) is 10.4. The summed E-state index contributed by atoms with van der Waals surface area (Å²) in [5, 5.41) is -0.0127. The van der Waals surface area contributed by atoms with Gasteiger partial charge in [0.05, 0.1) is 5.02 Å². The molecule has 1 saturated heterocycles. The summed E-state index contributed by atoms with van der Waals surface area (Å²) in [5.74, 6) is 1.14. The Balaban J connectivity index is 1.35. The quantitative estimate of drug-likeness (QED) is 0.538. The lowest BCUT2D eigenvalue weighted by molar-refractivity contribution is -0.130. The van der Waals surface area contributed by atoms with Gasteiger partial charge in [-0.2, -0.15) is 0 Å². The van der Waals surface area contributed by atoms with E-state index in [2.05, 4.69) is 14.9 Å². The zero-order valence-corrected chi connectivity index (χ0v) is 18.3. The Labute approximate surface area is 191 Å². The Kier molecular flexibility index (Phi) is 7.17. The molecule has 32 heavy (non-hydrogen) atoms. The second-order valence-corrected chi connectivity index (χ2v) is 8.01. The van der Waals surface area contributed by atoms with E-state index in [-0.39, 0.29) is 10.9 Å². The minimum Gasteiger partial charge on any atom is -0.439 e. The third-order valence-electron chi connectivity index (χ3n) is 5.38. The number of rotatable bonds is 6. The summed E-state index contributed by atoms with van der Waals surface area (Å²) in [7, 11) is 0. The highest BCUT2D eigenvalue weighted by atomic mass is 35.5. The number of carbonyl (C=O) groups excluding carboxylic acids is 1. The van der Waals surface area contributed by atoms with Crippen molar-refractivity contribution in [1.82, 2.24) is 14.9 Å². The highest BCUT2D eigenvalue weighted by molar-refractivity contribution is 6.30. The number of ether oxygens (including phenoxy) is 1. The van der Waals surface area contributed by atoms with E-state index in [0.29, 0.717) is 31.1 Å². The lowest BCUT2D eigenvalue weighted by Crippen LogP contribution is -2.35. The van der Waals surface area contributed by atoms with Crippen LogP contribution in [0.2, 0.25) is 5.02 Å². The third-order valence-corrected chi connectivity index (χ3v) is 5.67. The van der Waals surface area contributed by atoms with Crippen molar-refractivity contribution < 1.29 is 13.9 Å². The zero-order valence-electron chi connectivity index (χ0n) is 17.6. The summed E-state index contributed by atoms with van der Waals surface area (Å²) in [6.45, 7) is 2.82. The van der Waals surface area contributed by atoms with Crippen molar-refractivity contribution in [3.05, 3.63) is 77.3 Å². The molecule has 3 aromatic rings. The fourth-order valence-electron chi connectivity index (χ4n) is 3.67. The van der Waals surface area contributed by atoms with Crippen LogP contribution in [-0.4, -0.2) is 47.0 Å². The van der Waals surface area contributed by atoms with Crippen LogP contribution in [0.25, 0.3) is 0 Å². The number of hydrogen-bond acceptors (Lipinski definition) is 5. The summed E-state index contributed by atoms with van der Waals surface area (Å²) in [6, 6.07) is 16.0. The SMILES string of the molecule is O=C(CCc1ccccc1)N1CCCN(c2cc(Oc3ccc(F)c(Cl)c3)ncn2)CC1. The van der Waals surface area contributed by atoms with Gasteiger partial charge < -0.3 is 14.5 Å². The molecule has 1 aliphatic rings. The van der Waals surface area contributed by atoms with Gasteiger partial charge in [0, 0.05) is 44.7 Å². The van der Waals surface area contributed by atoms with E-state index < -0.39 is 5.82 Å². The molecule has 8 heteroatoms. The van der Waals surface area contributed by atoms with Crippen LogP contribution in [0.4, 0.5) is 10.2 Å². The van der Waals surface area contributed by atoms with Crippen LogP contribution in [0.5, 0.6) is 11.6 Å². The fraction of sp³-hybridized carbons (Fsp3) is 0.292. The molecule has 2 aromatic carbocycles. The largest absolute Gasteiger partial charge is 0.439 e. The Morgan fingerprint density at radius 2 is 1.88 bits per heavy atom. The van der Waals surface area contributed by atoms with E-state index in [1.165, 1.54) is 30.1 Å². The van der Waals surface area contributed by atoms with Gasteiger partial charge in [0.1, 0.15) is 23.7 Å². The molecule has 1 fully saturated rings. The fourth-order valence-corrected chi connectivity index (χ4v) is 3.84. The molecule has 1 aliphatic heterocycles. The van der Waals surface area contributed by atoms with Crippen molar-refractivity contribution in [3.8, 4) is 11.6 Å². The molecule has 0 bridgehead atoms. The summed E-state index contributed by atoms with van der Waals surface area (Å²) < 4.78 is 19.1. The Bertz CT molecular complexity index is 1070. The first kappa shape index (κ1) is 22.0. The number of aromatic nitrogens is 2. The van der Waals surface area contributed by atoms with Crippen molar-refractivity contribution in [2.24, 2.45) is 0 Å². The van der Waals surface area contributed by atoms with E-state index >= 15 is 0 Å². The molecule has 6 nitrogen and oxygen atoms in total. The zero-order chi connectivity index (χ0) is 22.3. The van der Waals surface area contributed by atoms with Crippen LogP contribution in [0.1, 0.15) is 18.4 Å². The average Bonchev–Trinajstić information content (AvgIpc) is 3.07. The van der Waals surface area contributed by atoms with Gasteiger partial charge in [-0.05, 0) is 30.5 Å². The van der Waals surface area contributed by atoms with Crippen LogP contribution in [0, 0.1) is 5.82 Å². The number of amides is 1. The van der Waals surface area contributed by atoms with E-state index in [9.17, 15) is 9.18 Å². The van der Waals surface area contributed by atoms with Crippen molar-refractivity contribution in [3.63, 3.8) is 0 Å². The summed E-state index contributed by atoms with van der Waals surface area (Å²) in [5.41, 5.74) is 1.17. The van der Waals surface area contributed by atoms with Crippen molar-refractivity contribution in [2.75, 3.05) is 31.1 Å². The molecule has 0 spiro atoms. The number of hydrogen-bond donors (Lipinski definition) is 0. The van der Waals surface area contributed by atoms with Crippen LogP contribution < -0.4 is 9.64 Å². The molecule has 0 radical (unpaired) electrons. The van der Waals surface area contributed by atoms with Crippen LogP contribution in [-0.2, 0) is 11.2 Å². The summed E-state index contributed by atoms with van der Waals surface area (Å²) >= 11 is 5.82. The predicted octanol–water partition coefficient (Wildman–Crippen LogP) is 4.73. The van der Waals surface area contributed by atoms with Crippen LogP contribution in [0.3, 0.4) is 0 Å².